The summed E-state index contributed by atoms with van der Waals surface area (Å²) in [5.74, 6) is -0.896. The Kier molecular flexibility index (Phi) is 6.84. The highest BCUT2D eigenvalue weighted by atomic mass is 16.7. The lowest BCUT2D eigenvalue weighted by molar-refractivity contribution is -0.122. The number of amides is 2. The van der Waals surface area contributed by atoms with Crippen molar-refractivity contribution in [3.63, 3.8) is 0 Å². The average Bonchev–Trinajstić information content (AvgIpc) is 2.95. The Morgan fingerprint density at radius 2 is 1.53 bits per heavy atom. The number of nitrogens with zero attached hydrogens (tertiary/aromatic N) is 1. The number of hydrogen-bond acceptors (Lipinski definition) is 6. The van der Waals surface area contributed by atoms with E-state index < -0.39 is 12.3 Å². The van der Waals surface area contributed by atoms with E-state index in [4.69, 9.17) is 14.2 Å². The minimum atomic E-state index is -0.568. The Hall–Kier alpha value is -3.19. The minimum Gasteiger partial charge on any atom is -0.465 e. The lowest BCUT2D eigenvalue weighted by Gasteiger charge is -2.18. The summed E-state index contributed by atoms with van der Waals surface area (Å²) in [7, 11) is 0. The van der Waals surface area contributed by atoms with Crippen molar-refractivity contribution >= 4 is 23.5 Å². The van der Waals surface area contributed by atoms with Gasteiger partial charge in [-0.15, -0.1) is 0 Å². The van der Waals surface area contributed by atoms with Gasteiger partial charge in [-0.2, -0.15) is 0 Å². The van der Waals surface area contributed by atoms with Crippen LogP contribution in [0.25, 0.3) is 0 Å². The molecule has 7 nitrogen and oxygen atoms in total. The van der Waals surface area contributed by atoms with Crippen molar-refractivity contribution < 1.29 is 28.6 Å². The van der Waals surface area contributed by atoms with Crippen LogP contribution in [0, 0.1) is 11.8 Å². The molecular formula is C23H25NO6. The van der Waals surface area contributed by atoms with Gasteiger partial charge in [0.25, 0.3) is 0 Å². The molecule has 0 aliphatic carbocycles. The first-order valence-corrected chi connectivity index (χ1v) is 9.86. The molecule has 2 amide bonds. The predicted molar refractivity (Wildman–Crippen MR) is 110 cm³/mol. The molecule has 0 spiro atoms. The van der Waals surface area contributed by atoms with Gasteiger partial charge in [-0.05, 0) is 43.3 Å². The number of benzene rings is 2. The van der Waals surface area contributed by atoms with E-state index in [9.17, 15) is 14.4 Å². The fraction of sp³-hybridized carbons (Fsp3) is 0.348. The maximum absolute atomic E-state index is 12.3. The summed E-state index contributed by atoms with van der Waals surface area (Å²) in [6.45, 7) is 5.54. The van der Waals surface area contributed by atoms with Gasteiger partial charge in [0.15, 0.2) is 6.29 Å². The van der Waals surface area contributed by atoms with Gasteiger partial charge in [-0.1, -0.05) is 32.0 Å². The van der Waals surface area contributed by atoms with Gasteiger partial charge in [0.2, 0.25) is 11.8 Å². The zero-order valence-corrected chi connectivity index (χ0v) is 17.2. The molecule has 1 saturated heterocycles. The lowest BCUT2D eigenvalue weighted by Crippen LogP contribution is -2.30. The molecular weight excluding hydrogens is 386 g/mol. The molecule has 30 heavy (non-hydrogen) atoms. The highest BCUT2D eigenvalue weighted by Crippen LogP contribution is 2.31. The van der Waals surface area contributed by atoms with E-state index in [2.05, 4.69) is 0 Å². The van der Waals surface area contributed by atoms with Gasteiger partial charge in [0.1, 0.15) is 12.4 Å². The van der Waals surface area contributed by atoms with Crippen LogP contribution < -0.4 is 9.64 Å². The summed E-state index contributed by atoms with van der Waals surface area (Å²) in [6, 6.07) is 15.4. The number of anilines is 1. The Morgan fingerprint density at radius 1 is 0.933 bits per heavy atom. The Balaban J connectivity index is 1.45. The molecule has 0 saturated carbocycles. The largest absolute Gasteiger partial charge is 0.465 e. The van der Waals surface area contributed by atoms with Gasteiger partial charge in [0, 0.05) is 11.8 Å². The van der Waals surface area contributed by atoms with Crippen LogP contribution in [0.5, 0.6) is 5.75 Å². The summed E-state index contributed by atoms with van der Waals surface area (Å²) in [4.78, 5) is 37.7. The molecule has 2 aromatic carbocycles. The summed E-state index contributed by atoms with van der Waals surface area (Å²) in [5, 5.41) is 0. The maximum Gasteiger partial charge on any atom is 0.338 e. The molecule has 0 aromatic heterocycles. The topological polar surface area (TPSA) is 82.1 Å². The normalized spacial score (nSPS) is 19.6. The van der Waals surface area contributed by atoms with Crippen LogP contribution in [-0.2, 0) is 19.1 Å². The molecule has 2 aromatic rings. The van der Waals surface area contributed by atoms with Crippen LogP contribution in [0.1, 0.15) is 31.1 Å². The monoisotopic (exact) mass is 411 g/mol. The maximum atomic E-state index is 12.3. The summed E-state index contributed by atoms with van der Waals surface area (Å²) < 4.78 is 16.3. The first-order chi connectivity index (χ1) is 14.4. The first kappa shape index (κ1) is 21.5. The Bertz CT molecular complexity index is 876. The fourth-order valence-electron chi connectivity index (χ4n) is 3.10. The summed E-state index contributed by atoms with van der Waals surface area (Å²) in [6.07, 6.45) is -0.568. The van der Waals surface area contributed by atoms with Gasteiger partial charge >= 0.3 is 5.97 Å². The van der Waals surface area contributed by atoms with Crippen LogP contribution in [0.3, 0.4) is 0 Å². The number of hydrogen-bond donors (Lipinski definition) is 0. The van der Waals surface area contributed by atoms with E-state index in [-0.39, 0.29) is 36.9 Å². The van der Waals surface area contributed by atoms with E-state index in [1.54, 1.807) is 69.3 Å². The van der Waals surface area contributed by atoms with Crippen molar-refractivity contribution in [3.8, 4) is 5.75 Å². The van der Waals surface area contributed by atoms with Crippen molar-refractivity contribution in [3.05, 3.63) is 60.2 Å². The fourth-order valence-corrected chi connectivity index (χ4v) is 3.10. The zero-order chi connectivity index (χ0) is 21.7. The molecule has 1 fully saturated rings. The lowest BCUT2D eigenvalue weighted by atomic mass is 10.00. The quantitative estimate of drug-likeness (QED) is 0.286. The van der Waals surface area contributed by atoms with Crippen molar-refractivity contribution in [2.24, 2.45) is 11.8 Å². The number of ether oxygens (including phenoxy) is 3. The van der Waals surface area contributed by atoms with Crippen LogP contribution in [0.4, 0.5) is 5.69 Å². The van der Waals surface area contributed by atoms with Gasteiger partial charge < -0.3 is 14.2 Å². The summed E-state index contributed by atoms with van der Waals surface area (Å²) >= 11 is 0. The van der Waals surface area contributed by atoms with Crippen molar-refractivity contribution in [1.29, 1.82) is 0 Å². The third kappa shape index (κ3) is 4.86. The van der Waals surface area contributed by atoms with Crippen molar-refractivity contribution in [1.82, 2.24) is 0 Å². The molecule has 3 atom stereocenters. The highest BCUT2D eigenvalue weighted by Gasteiger charge is 2.42. The Morgan fingerprint density at radius 3 is 2.13 bits per heavy atom. The number of esters is 1. The molecule has 3 unspecified atom stereocenters. The molecule has 158 valence electrons. The predicted octanol–water partition coefficient (Wildman–Crippen LogP) is 3.43. The van der Waals surface area contributed by atoms with E-state index >= 15 is 0 Å². The van der Waals surface area contributed by atoms with Crippen molar-refractivity contribution in [2.75, 3.05) is 18.1 Å². The van der Waals surface area contributed by atoms with Gasteiger partial charge in [-0.25, -0.2) is 4.79 Å². The molecule has 7 heteroatoms. The molecule has 0 N–H and O–H groups in total. The number of imide groups is 1. The zero-order valence-electron chi connectivity index (χ0n) is 17.2. The highest BCUT2D eigenvalue weighted by molar-refractivity contribution is 6.21. The van der Waals surface area contributed by atoms with Gasteiger partial charge in [-0.3, -0.25) is 14.5 Å². The second-order valence-corrected chi connectivity index (χ2v) is 7.14. The molecule has 1 aliphatic heterocycles. The standard InChI is InChI=1S/C23H25NO6/c1-15-16(2)22(26)24(21(15)25)19-9-11-20(12-10-19)30-17(3)28-13-14-29-23(27)18-7-5-4-6-8-18/h4-12,15-17H,13-14H2,1-3H3. The average molecular weight is 411 g/mol. The van der Waals surface area contributed by atoms with E-state index in [1.807, 2.05) is 6.07 Å². The number of carbonyl (C=O) groups excluding carboxylic acids is 3. The molecule has 1 heterocycles. The van der Waals surface area contributed by atoms with E-state index in [0.29, 0.717) is 17.0 Å². The third-order valence-corrected chi connectivity index (χ3v) is 5.05. The van der Waals surface area contributed by atoms with Crippen molar-refractivity contribution in [2.45, 2.75) is 27.1 Å². The molecule has 0 radical (unpaired) electrons. The summed E-state index contributed by atoms with van der Waals surface area (Å²) in [5.41, 5.74) is 1.01. The second kappa shape index (κ2) is 9.54. The first-order valence-electron chi connectivity index (χ1n) is 9.86. The molecule has 0 bridgehead atoms. The third-order valence-electron chi connectivity index (χ3n) is 5.05. The van der Waals surface area contributed by atoms with E-state index in [0.717, 1.165) is 0 Å². The molecule has 1 aliphatic rings. The smallest absolute Gasteiger partial charge is 0.338 e. The number of rotatable bonds is 8. The SMILES string of the molecule is CC(OCCOC(=O)c1ccccc1)Oc1ccc(N2C(=O)C(C)C(C)C2=O)cc1. The van der Waals surface area contributed by atoms with E-state index in [1.165, 1.54) is 4.90 Å². The minimum absolute atomic E-state index is 0.107. The van der Waals surface area contributed by atoms with Gasteiger partial charge in [0.05, 0.1) is 17.9 Å². The van der Waals surface area contributed by atoms with Crippen LogP contribution >= 0.6 is 0 Å². The second-order valence-electron chi connectivity index (χ2n) is 7.14. The van der Waals surface area contributed by atoms with Crippen LogP contribution in [-0.4, -0.2) is 37.3 Å². The van der Waals surface area contributed by atoms with Crippen LogP contribution in [0.2, 0.25) is 0 Å². The number of carbonyl (C=O) groups is 3. The van der Waals surface area contributed by atoms with Crippen LogP contribution in [0.15, 0.2) is 54.6 Å². The molecule has 3 rings (SSSR count). The Labute approximate surface area is 175 Å².